The van der Waals surface area contributed by atoms with Crippen molar-refractivity contribution >= 4 is 22.3 Å². The van der Waals surface area contributed by atoms with Crippen LogP contribution in [0.3, 0.4) is 0 Å². The van der Waals surface area contributed by atoms with E-state index in [4.69, 9.17) is 9.26 Å². The normalized spacial score (nSPS) is 11.2. The molecule has 0 saturated carbocycles. The maximum atomic E-state index is 12.2. The van der Waals surface area contributed by atoms with Gasteiger partial charge in [0.1, 0.15) is 12.4 Å². The Kier molecular flexibility index (Phi) is 5.86. The van der Waals surface area contributed by atoms with Gasteiger partial charge < -0.3 is 14.6 Å². The third-order valence-corrected chi connectivity index (χ3v) is 5.35. The van der Waals surface area contributed by atoms with Crippen molar-refractivity contribution in [2.24, 2.45) is 0 Å². The fourth-order valence-electron chi connectivity index (χ4n) is 3.56. The van der Waals surface area contributed by atoms with Crippen molar-refractivity contribution in [1.29, 1.82) is 0 Å². The Morgan fingerprint density at radius 2 is 2.00 bits per heavy atom. The number of pyridine rings is 1. The monoisotopic (exact) mass is 457 g/mol. The van der Waals surface area contributed by atoms with E-state index in [2.05, 4.69) is 37.7 Å². The predicted octanol–water partition coefficient (Wildman–Crippen LogP) is 3.74. The van der Waals surface area contributed by atoms with E-state index in [-0.39, 0.29) is 12.5 Å². The summed E-state index contributed by atoms with van der Waals surface area (Å²) in [6.45, 7) is 4.73. The van der Waals surface area contributed by atoms with Gasteiger partial charge >= 0.3 is 0 Å². The number of hydrogen-bond donors (Lipinski definition) is 1. The highest BCUT2D eigenvalue weighted by molar-refractivity contribution is 5.97. The highest BCUT2D eigenvalue weighted by Crippen LogP contribution is 2.29. The number of nitrogens with zero attached hydrogens (tertiary/aromatic N) is 6. The molecule has 34 heavy (non-hydrogen) atoms. The van der Waals surface area contributed by atoms with Crippen LogP contribution in [-0.2, 0) is 6.61 Å². The molecule has 5 aromatic rings. The standard InChI is InChI=1S/C24H23N7O3/c1-3-4-11-25-23(32)16-9-10-17(26-13-16)14-33-24-19-8-6-5-7-18(19)21-27-28-22(31(21)29-24)20-12-15(2)34-30-20/h5-10,12-13H,3-4,11,14H2,1-2H3,(H,25,32). The molecule has 4 aromatic heterocycles. The number of aromatic nitrogens is 6. The number of benzene rings is 1. The molecule has 0 aliphatic rings. The minimum atomic E-state index is -0.130. The van der Waals surface area contributed by atoms with E-state index in [1.807, 2.05) is 31.2 Å². The third kappa shape index (κ3) is 4.17. The van der Waals surface area contributed by atoms with Crippen molar-refractivity contribution in [3.05, 3.63) is 65.7 Å². The Hall–Kier alpha value is -4.34. The van der Waals surface area contributed by atoms with Crippen LogP contribution in [0.1, 0.15) is 41.6 Å². The first-order valence-corrected chi connectivity index (χ1v) is 11.1. The van der Waals surface area contributed by atoms with Crippen LogP contribution in [-0.4, -0.2) is 42.4 Å². The lowest BCUT2D eigenvalue weighted by atomic mass is 10.2. The van der Waals surface area contributed by atoms with Gasteiger partial charge in [0.2, 0.25) is 11.7 Å². The summed E-state index contributed by atoms with van der Waals surface area (Å²) >= 11 is 0. The van der Waals surface area contributed by atoms with E-state index < -0.39 is 0 Å². The Balaban J connectivity index is 1.41. The Morgan fingerprint density at radius 1 is 1.15 bits per heavy atom. The molecule has 0 bridgehead atoms. The van der Waals surface area contributed by atoms with E-state index in [9.17, 15) is 4.79 Å². The van der Waals surface area contributed by atoms with Crippen LogP contribution in [0.4, 0.5) is 0 Å². The number of aryl methyl sites for hydroxylation is 1. The van der Waals surface area contributed by atoms with Gasteiger partial charge in [0.25, 0.3) is 5.91 Å². The minimum Gasteiger partial charge on any atom is -0.470 e. The van der Waals surface area contributed by atoms with Crippen molar-refractivity contribution in [3.63, 3.8) is 0 Å². The molecule has 0 unspecified atom stereocenters. The Labute approximate surface area is 195 Å². The van der Waals surface area contributed by atoms with E-state index in [0.717, 1.165) is 23.6 Å². The molecule has 0 atom stereocenters. The number of ether oxygens (including phenoxy) is 1. The molecular formula is C24H23N7O3. The fraction of sp³-hybridized carbons (Fsp3) is 0.250. The number of fused-ring (bicyclic) bond motifs is 3. The zero-order valence-corrected chi connectivity index (χ0v) is 18.9. The molecule has 10 nitrogen and oxygen atoms in total. The first-order chi connectivity index (χ1) is 16.6. The van der Waals surface area contributed by atoms with Crippen LogP contribution in [0.15, 0.2) is 53.2 Å². The van der Waals surface area contributed by atoms with Crippen LogP contribution < -0.4 is 10.1 Å². The van der Waals surface area contributed by atoms with Crippen LogP contribution >= 0.6 is 0 Å². The molecule has 0 saturated heterocycles. The summed E-state index contributed by atoms with van der Waals surface area (Å²) in [6.07, 6.45) is 3.53. The predicted molar refractivity (Wildman–Crippen MR) is 124 cm³/mol. The van der Waals surface area contributed by atoms with Gasteiger partial charge in [-0.25, -0.2) is 0 Å². The summed E-state index contributed by atoms with van der Waals surface area (Å²) in [7, 11) is 0. The quantitative estimate of drug-likeness (QED) is 0.350. The van der Waals surface area contributed by atoms with E-state index >= 15 is 0 Å². The Bertz CT molecular complexity index is 1460. The van der Waals surface area contributed by atoms with Crippen LogP contribution in [0.25, 0.3) is 27.9 Å². The van der Waals surface area contributed by atoms with Gasteiger partial charge in [0.05, 0.1) is 11.3 Å². The highest BCUT2D eigenvalue weighted by atomic mass is 16.5. The second kappa shape index (κ2) is 9.26. The average molecular weight is 457 g/mol. The first-order valence-electron chi connectivity index (χ1n) is 11.1. The number of hydrogen-bond acceptors (Lipinski definition) is 8. The Morgan fingerprint density at radius 3 is 2.74 bits per heavy atom. The number of unbranched alkanes of at least 4 members (excludes halogenated alkanes) is 1. The lowest BCUT2D eigenvalue weighted by Crippen LogP contribution is -2.24. The van der Waals surface area contributed by atoms with Gasteiger partial charge in [0.15, 0.2) is 11.3 Å². The molecule has 0 fully saturated rings. The van der Waals surface area contributed by atoms with Crippen LogP contribution in [0, 0.1) is 6.92 Å². The molecule has 0 spiro atoms. The largest absolute Gasteiger partial charge is 0.470 e. The number of carbonyl (C=O) groups excluding carboxylic acids is 1. The summed E-state index contributed by atoms with van der Waals surface area (Å²) in [5, 5.41) is 21.8. The second-order valence-corrected chi connectivity index (χ2v) is 7.87. The van der Waals surface area contributed by atoms with Gasteiger partial charge in [-0.3, -0.25) is 9.78 Å². The van der Waals surface area contributed by atoms with E-state index in [0.29, 0.717) is 46.6 Å². The highest BCUT2D eigenvalue weighted by Gasteiger charge is 2.18. The van der Waals surface area contributed by atoms with Crippen molar-refractivity contribution in [2.75, 3.05) is 6.54 Å². The maximum Gasteiger partial charge on any atom is 0.252 e. The van der Waals surface area contributed by atoms with Gasteiger partial charge in [-0.15, -0.1) is 15.3 Å². The summed E-state index contributed by atoms with van der Waals surface area (Å²) < 4.78 is 12.9. The first kappa shape index (κ1) is 21.5. The molecule has 5 rings (SSSR count). The van der Waals surface area contributed by atoms with E-state index in [1.54, 1.807) is 28.9 Å². The van der Waals surface area contributed by atoms with Crippen LogP contribution in [0.5, 0.6) is 5.88 Å². The number of carbonyl (C=O) groups is 1. The molecule has 1 N–H and O–H groups in total. The van der Waals surface area contributed by atoms with Gasteiger partial charge in [0, 0.05) is 29.6 Å². The number of nitrogens with one attached hydrogen (secondary N) is 1. The molecule has 10 heteroatoms. The van der Waals surface area contributed by atoms with Crippen LogP contribution in [0.2, 0.25) is 0 Å². The van der Waals surface area contributed by atoms with Crippen molar-refractivity contribution < 1.29 is 14.1 Å². The molecule has 0 aliphatic heterocycles. The smallest absolute Gasteiger partial charge is 0.252 e. The molecule has 172 valence electrons. The number of amides is 1. The summed E-state index contributed by atoms with van der Waals surface area (Å²) in [6, 6.07) is 13.0. The van der Waals surface area contributed by atoms with Gasteiger partial charge in [-0.1, -0.05) is 36.7 Å². The SMILES string of the molecule is CCCCNC(=O)c1ccc(COc2nn3c(-c4cc(C)on4)nnc3c3ccccc23)nc1. The number of rotatable bonds is 8. The molecule has 0 radical (unpaired) electrons. The third-order valence-electron chi connectivity index (χ3n) is 5.35. The summed E-state index contributed by atoms with van der Waals surface area (Å²) in [4.78, 5) is 16.6. The molecule has 1 amide bonds. The zero-order valence-electron chi connectivity index (χ0n) is 18.9. The van der Waals surface area contributed by atoms with Crippen molar-refractivity contribution in [1.82, 2.24) is 35.3 Å². The molecule has 4 heterocycles. The molecule has 1 aromatic carbocycles. The van der Waals surface area contributed by atoms with E-state index in [1.165, 1.54) is 0 Å². The van der Waals surface area contributed by atoms with Crippen molar-refractivity contribution in [2.45, 2.75) is 33.3 Å². The molecular weight excluding hydrogens is 434 g/mol. The molecule has 0 aliphatic carbocycles. The van der Waals surface area contributed by atoms with Gasteiger partial charge in [-0.05, 0) is 31.5 Å². The van der Waals surface area contributed by atoms with Crippen molar-refractivity contribution in [3.8, 4) is 17.4 Å². The topological polar surface area (TPSA) is 120 Å². The zero-order chi connectivity index (χ0) is 23.5. The lowest BCUT2D eigenvalue weighted by Gasteiger charge is -2.10. The summed E-state index contributed by atoms with van der Waals surface area (Å²) in [5.41, 5.74) is 2.32. The average Bonchev–Trinajstić information content (AvgIpc) is 3.49. The maximum absolute atomic E-state index is 12.2. The lowest BCUT2D eigenvalue weighted by molar-refractivity contribution is 0.0952. The summed E-state index contributed by atoms with van der Waals surface area (Å²) in [5.74, 6) is 1.40. The van der Waals surface area contributed by atoms with Gasteiger partial charge in [-0.2, -0.15) is 4.52 Å². The fourth-order valence-corrected chi connectivity index (χ4v) is 3.56. The minimum absolute atomic E-state index is 0.130. The second-order valence-electron chi connectivity index (χ2n) is 7.87.